The van der Waals surface area contributed by atoms with Crippen LogP contribution in [0, 0.1) is 10.1 Å². The van der Waals surface area contributed by atoms with Crippen LogP contribution in [0.5, 0.6) is 0 Å². The molecule has 28 heavy (non-hydrogen) atoms. The highest BCUT2D eigenvalue weighted by atomic mass is 35.5. The van der Waals surface area contributed by atoms with E-state index in [1.165, 1.54) is 22.6 Å². The molecule has 1 amide bonds. The molecule has 3 aromatic rings. The molecular weight excluding hydrogens is 400 g/mol. The van der Waals surface area contributed by atoms with Gasteiger partial charge in [0.15, 0.2) is 0 Å². The molecule has 2 aromatic carbocycles. The quantitative estimate of drug-likeness (QED) is 0.423. The molecule has 3 rings (SSSR count). The standard InChI is InChI=1S/C19H17ClN4O3S/c1-2-17(23-12-14(11-21-23)24(26)27)19(25)22-16-5-3-4-6-18(16)28-15-9-7-13(20)8-10-15/h3-12,17H,2H2,1H3,(H,22,25). The van der Waals surface area contributed by atoms with Gasteiger partial charge in [-0.3, -0.25) is 19.6 Å². The number of para-hydroxylation sites is 1. The molecule has 0 aliphatic rings. The van der Waals surface area contributed by atoms with Crippen molar-refractivity contribution in [2.75, 3.05) is 5.32 Å². The summed E-state index contributed by atoms with van der Waals surface area (Å²) in [5, 5.41) is 18.4. The number of benzene rings is 2. The van der Waals surface area contributed by atoms with Crippen LogP contribution in [0.15, 0.2) is 70.7 Å². The highest BCUT2D eigenvalue weighted by Crippen LogP contribution is 2.34. The first-order valence-electron chi connectivity index (χ1n) is 8.49. The lowest BCUT2D eigenvalue weighted by molar-refractivity contribution is -0.385. The number of anilines is 1. The van der Waals surface area contributed by atoms with Crippen molar-refractivity contribution in [2.24, 2.45) is 0 Å². The average molecular weight is 417 g/mol. The number of nitro groups is 1. The highest BCUT2D eigenvalue weighted by molar-refractivity contribution is 7.99. The second-order valence-corrected chi connectivity index (χ2v) is 7.45. The summed E-state index contributed by atoms with van der Waals surface area (Å²) in [6, 6.07) is 14.2. The molecule has 0 bridgehead atoms. The van der Waals surface area contributed by atoms with Gasteiger partial charge in [0.05, 0.1) is 10.6 Å². The molecule has 144 valence electrons. The summed E-state index contributed by atoms with van der Waals surface area (Å²) in [5.74, 6) is -0.287. The number of nitrogens with one attached hydrogen (secondary N) is 1. The number of amides is 1. The van der Waals surface area contributed by atoms with Crippen LogP contribution >= 0.6 is 23.4 Å². The molecule has 1 unspecified atom stereocenters. The van der Waals surface area contributed by atoms with Gasteiger partial charge in [-0.15, -0.1) is 0 Å². The number of hydrogen-bond acceptors (Lipinski definition) is 5. The van der Waals surface area contributed by atoms with Crippen molar-refractivity contribution in [1.82, 2.24) is 9.78 Å². The Labute approximate surface area is 170 Å². The Hall–Kier alpha value is -2.84. The summed E-state index contributed by atoms with van der Waals surface area (Å²) in [6.45, 7) is 1.83. The fraction of sp³-hybridized carbons (Fsp3) is 0.158. The van der Waals surface area contributed by atoms with Crippen molar-refractivity contribution in [2.45, 2.75) is 29.2 Å². The number of halogens is 1. The maximum atomic E-state index is 12.8. The number of rotatable bonds is 7. The lowest BCUT2D eigenvalue weighted by Gasteiger charge is -2.17. The van der Waals surface area contributed by atoms with Crippen molar-refractivity contribution in [3.05, 3.63) is 76.1 Å². The van der Waals surface area contributed by atoms with E-state index in [1.807, 2.05) is 55.5 Å². The minimum atomic E-state index is -0.651. The maximum absolute atomic E-state index is 12.8. The molecule has 1 N–H and O–H groups in total. The minimum absolute atomic E-state index is 0.148. The monoisotopic (exact) mass is 416 g/mol. The van der Waals surface area contributed by atoms with Crippen molar-refractivity contribution in [3.8, 4) is 0 Å². The number of carbonyl (C=O) groups is 1. The predicted molar refractivity (Wildman–Crippen MR) is 109 cm³/mol. The summed E-state index contributed by atoms with van der Waals surface area (Å²) in [6.07, 6.45) is 2.85. The number of hydrogen-bond donors (Lipinski definition) is 1. The lowest BCUT2D eigenvalue weighted by atomic mass is 10.2. The van der Waals surface area contributed by atoms with E-state index in [0.29, 0.717) is 17.1 Å². The molecular formula is C19H17ClN4O3S. The van der Waals surface area contributed by atoms with E-state index in [1.54, 1.807) is 0 Å². The predicted octanol–water partition coefficient (Wildman–Crippen LogP) is 5.19. The van der Waals surface area contributed by atoms with Crippen LogP contribution in [0.1, 0.15) is 19.4 Å². The summed E-state index contributed by atoms with van der Waals surface area (Å²) >= 11 is 7.43. The summed E-state index contributed by atoms with van der Waals surface area (Å²) in [5.41, 5.74) is 0.512. The molecule has 7 nitrogen and oxygen atoms in total. The lowest BCUT2D eigenvalue weighted by Crippen LogP contribution is -2.26. The highest BCUT2D eigenvalue weighted by Gasteiger charge is 2.22. The third-order valence-electron chi connectivity index (χ3n) is 3.99. The van der Waals surface area contributed by atoms with Gasteiger partial charge in [0.2, 0.25) is 5.91 Å². The van der Waals surface area contributed by atoms with Crippen LogP contribution in [0.25, 0.3) is 0 Å². The van der Waals surface area contributed by atoms with Crippen LogP contribution in [-0.2, 0) is 4.79 Å². The van der Waals surface area contributed by atoms with E-state index in [-0.39, 0.29) is 11.6 Å². The van der Waals surface area contributed by atoms with Crippen molar-refractivity contribution in [1.29, 1.82) is 0 Å². The Morgan fingerprint density at radius 1 is 1.29 bits per heavy atom. The Balaban J connectivity index is 1.79. The maximum Gasteiger partial charge on any atom is 0.307 e. The Morgan fingerprint density at radius 3 is 2.64 bits per heavy atom. The van der Waals surface area contributed by atoms with E-state index in [0.717, 1.165) is 16.0 Å². The molecule has 1 heterocycles. The fourth-order valence-corrected chi connectivity index (χ4v) is 3.62. The van der Waals surface area contributed by atoms with Gasteiger partial charge in [-0.1, -0.05) is 42.4 Å². The zero-order chi connectivity index (χ0) is 20.1. The summed E-state index contributed by atoms with van der Waals surface area (Å²) in [7, 11) is 0. The summed E-state index contributed by atoms with van der Waals surface area (Å²) < 4.78 is 1.32. The van der Waals surface area contributed by atoms with Gasteiger partial charge in [-0.25, -0.2) is 0 Å². The topological polar surface area (TPSA) is 90.1 Å². The zero-order valence-corrected chi connectivity index (χ0v) is 16.5. The van der Waals surface area contributed by atoms with Crippen LogP contribution in [0.3, 0.4) is 0 Å². The molecule has 1 atom stereocenters. The summed E-state index contributed by atoms with van der Waals surface area (Å²) in [4.78, 5) is 25.0. The first-order chi connectivity index (χ1) is 13.5. The fourth-order valence-electron chi connectivity index (χ4n) is 2.59. The number of carbonyl (C=O) groups excluding carboxylic acids is 1. The van der Waals surface area contributed by atoms with Crippen LogP contribution in [0.2, 0.25) is 5.02 Å². The van der Waals surface area contributed by atoms with Gasteiger partial charge in [-0.2, -0.15) is 5.10 Å². The van der Waals surface area contributed by atoms with Crippen molar-refractivity contribution < 1.29 is 9.72 Å². The molecule has 0 saturated carbocycles. The van der Waals surface area contributed by atoms with Crippen LogP contribution in [0.4, 0.5) is 11.4 Å². The molecule has 9 heteroatoms. The van der Waals surface area contributed by atoms with Crippen molar-refractivity contribution >= 4 is 40.6 Å². The number of nitrogens with zero attached hydrogens (tertiary/aromatic N) is 3. The van der Waals surface area contributed by atoms with Crippen molar-refractivity contribution in [3.63, 3.8) is 0 Å². The number of aromatic nitrogens is 2. The third kappa shape index (κ3) is 4.71. The van der Waals surface area contributed by atoms with Gasteiger partial charge in [0, 0.05) is 14.8 Å². The Kier molecular flexibility index (Phi) is 6.33. The molecule has 0 aliphatic carbocycles. The van der Waals surface area contributed by atoms with Crippen LogP contribution < -0.4 is 5.32 Å². The van der Waals surface area contributed by atoms with E-state index >= 15 is 0 Å². The third-order valence-corrected chi connectivity index (χ3v) is 5.33. The van der Waals surface area contributed by atoms with Gasteiger partial charge < -0.3 is 5.32 Å². The average Bonchev–Trinajstić information content (AvgIpc) is 3.16. The normalized spacial score (nSPS) is 11.8. The van der Waals surface area contributed by atoms with E-state index < -0.39 is 11.0 Å². The van der Waals surface area contributed by atoms with Gasteiger partial charge in [0.25, 0.3) is 0 Å². The first-order valence-corrected chi connectivity index (χ1v) is 9.69. The van der Waals surface area contributed by atoms with E-state index in [2.05, 4.69) is 10.4 Å². The van der Waals surface area contributed by atoms with E-state index in [9.17, 15) is 14.9 Å². The SMILES string of the molecule is CCC(C(=O)Nc1ccccc1Sc1ccc(Cl)cc1)n1cc([N+](=O)[O-])cn1. The van der Waals surface area contributed by atoms with E-state index in [4.69, 9.17) is 11.6 Å². The zero-order valence-electron chi connectivity index (χ0n) is 14.9. The largest absolute Gasteiger partial charge is 0.323 e. The Bertz CT molecular complexity index is 991. The molecule has 0 fully saturated rings. The van der Waals surface area contributed by atoms with Gasteiger partial charge >= 0.3 is 5.69 Å². The molecule has 0 radical (unpaired) electrons. The Morgan fingerprint density at radius 2 is 2.00 bits per heavy atom. The van der Waals surface area contributed by atoms with Gasteiger partial charge in [0.1, 0.15) is 18.4 Å². The second-order valence-electron chi connectivity index (χ2n) is 5.90. The van der Waals surface area contributed by atoms with Gasteiger partial charge in [-0.05, 0) is 42.8 Å². The van der Waals surface area contributed by atoms with Crippen LogP contribution in [-0.4, -0.2) is 20.6 Å². The minimum Gasteiger partial charge on any atom is -0.323 e. The molecule has 0 aliphatic heterocycles. The molecule has 0 saturated heterocycles. The molecule has 0 spiro atoms. The smallest absolute Gasteiger partial charge is 0.307 e. The first kappa shape index (κ1) is 19.9. The molecule has 1 aromatic heterocycles. The second kappa shape index (κ2) is 8.90.